The summed E-state index contributed by atoms with van der Waals surface area (Å²) in [6.07, 6.45) is 4.42. The maximum absolute atomic E-state index is 12.7. The van der Waals surface area contributed by atoms with Gasteiger partial charge < -0.3 is 4.90 Å². The van der Waals surface area contributed by atoms with Crippen LogP contribution in [0.5, 0.6) is 0 Å². The summed E-state index contributed by atoms with van der Waals surface area (Å²) in [6.45, 7) is 1.23. The van der Waals surface area contributed by atoms with Crippen molar-refractivity contribution in [2.45, 2.75) is 43.0 Å². The molecule has 1 aromatic heterocycles. The van der Waals surface area contributed by atoms with E-state index in [1.54, 1.807) is 18.2 Å². The van der Waals surface area contributed by atoms with Crippen LogP contribution in [0.15, 0.2) is 23.1 Å². The minimum Gasteiger partial charge on any atom is -0.342 e. The zero-order chi connectivity index (χ0) is 17.4. The number of rotatable bonds is 4. The number of hydrogen-bond acceptors (Lipinski definition) is 6. The molecule has 9 heteroatoms. The van der Waals surface area contributed by atoms with Crippen LogP contribution in [-0.4, -0.2) is 47.1 Å². The molecule has 134 valence electrons. The van der Waals surface area contributed by atoms with Gasteiger partial charge in [-0.3, -0.25) is 4.79 Å². The highest BCUT2D eigenvalue weighted by molar-refractivity contribution is 7.89. The van der Waals surface area contributed by atoms with E-state index in [0.29, 0.717) is 37.0 Å². The lowest BCUT2D eigenvalue weighted by Crippen LogP contribution is -2.48. The molecule has 0 spiro atoms. The lowest BCUT2D eigenvalue weighted by molar-refractivity contribution is -0.139. The Balaban J connectivity index is 1.42. The van der Waals surface area contributed by atoms with Gasteiger partial charge in [0.2, 0.25) is 15.9 Å². The van der Waals surface area contributed by atoms with Gasteiger partial charge in [-0.1, -0.05) is 12.5 Å². The van der Waals surface area contributed by atoms with Gasteiger partial charge in [-0.25, -0.2) is 13.1 Å². The van der Waals surface area contributed by atoms with E-state index in [1.807, 2.05) is 4.90 Å². The van der Waals surface area contributed by atoms with Gasteiger partial charge in [-0.15, -0.1) is 0 Å². The summed E-state index contributed by atoms with van der Waals surface area (Å²) in [5.74, 6) is 0.439. The van der Waals surface area contributed by atoms with Crippen molar-refractivity contribution >= 4 is 38.7 Å². The third kappa shape index (κ3) is 3.28. The van der Waals surface area contributed by atoms with Gasteiger partial charge >= 0.3 is 0 Å². The second kappa shape index (κ2) is 6.62. The Morgan fingerprint density at radius 1 is 1.16 bits per heavy atom. The number of sulfonamides is 1. The van der Waals surface area contributed by atoms with Gasteiger partial charge in [0.25, 0.3) is 0 Å². The number of carbonyl (C=O) groups excluding carboxylic acids is 1. The monoisotopic (exact) mass is 380 g/mol. The first-order valence-electron chi connectivity index (χ1n) is 8.57. The van der Waals surface area contributed by atoms with Crippen LogP contribution in [0, 0.1) is 5.92 Å². The molecule has 4 rings (SSSR count). The Labute approximate surface area is 150 Å². The molecule has 7 nitrogen and oxygen atoms in total. The van der Waals surface area contributed by atoms with E-state index < -0.39 is 10.0 Å². The van der Waals surface area contributed by atoms with Gasteiger partial charge in [0.15, 0.2) is 0 Å². The second-order valence-corrected chi connectivity index (χ2v) is 8.95. The van der Waals surface area contributed by atoms with Crippen molar-refractivity contribution in [3.8, 4) is 0 Å². The molecule has 0 bridgehead atoms. The fourth-order valence-electron chi connectivity index (χ4n) is 3.41. The Morgan fingerprint density at radius 3 is 2.60 bits per heavy atom. The zero-order valence-corrected chi connectivity index (χ0v) is 15.4. The predicted octanol–water partition coefficient (Wildman–Crippen LogP) is 1.76. The summed E-state index contributed by atoms with van der Waals surface area (Å²) in [5, 5.41) is 0. The number of fused-ring (bicyclic) bond motifs is 1. The molecule has 2 heterocycles. The molecule has 2 fully saturated rings. The number of amides is 1. The highest BCUT2D eigenvalue weighted by Crippen LogP contribution is 2.29. The van der Waals surface area contributed by atoms with Crippen LogP contribution in [0.4, 0.5) is 0 Å². The lowest BCUT2D eigenvalue weighted by atomic mass is 9.84. The van der Waals surface area contributed by atoms with Crippen molar-refractivity contribution in [2.24, 2.45) is 5.92 Å². The molecule has 0 unspecified atom stereocenters. The average Bonchev–Trinajstić information content (AvgIpc) is 3.01. The summed E-state index contributed by atoms with van der Waals surface area (Å²) >= 11 is 1.01. The van der Waals surface area contributed by atoms with Crippen LogP contribution in [0.3, 0.4) is 0 Å². The maximum Gasteiger partial charge on any atom is 0.243 e. The van der Waals surface area contributed by atoms with Crippen LogP contribution in [0.2, 0.25) is 0 Å². The quantitative estimate of drug-likeness (QED) is 0.873. The minimum atomic E-state index is -3.65. The number of aromatic nitrogens is 2. The molecule has 25 heavy (non-hydrogen) atoms. The van der Waals surface area contributed by atoms with E-state index in [2.05, 4.69) is 13.5 Å². The van der Waals surface area contributed by atoms with Gasteiger partial charge in [-0.05, 0) is 37.8 Å². The summed E-state index contributed by atoms with van der Waals surface area (Å²) < 4.78 is 36.5. The first kappa shape index (κ1) is 16.9. The van der Waals surface area contributed by atoms with E-state index in [0.717, 1.165) is 31.0 Å². The molecular formula is C16H20N4O3S2. The SMILES string of the molecule is O=C(C1CCC1)N1CCC(NS(=O)(=O)c2cccc3nsnc23)CC1. The molecule has 1 aliphatic carbocycles. The molecule has 2 aromatic rings. The third-order valence-corrected chi connectivity index (χ3v) is 7.22. The lowest BCUT2D eigenvalue weighted by Gasteiger charge is -2.36. The summed E-state index contributed by atoms with van der Waals surface area (Å²) in [5.41, 5.74) is 1.01. The van der Waals surface area contributed by atoms with Gasteiger partial charge in [0.05, 0.1) is 11.7 Å². The normalized spacial score (nSPS) is 19.9. The van der Waals surface area contributed by atoms with Gasteiger partial charge in [0.1, 0.15) is 15.9 Å². The fourth-order valence-corrected chi connectivity index (χ4v) is 5.48. The van der Waals surface area contributed by atoms with E-state index in [1.165, 1.54) is 0 Å². The van der Waals surface area contributed by atoms with Crippen LogP contribution >= 0.6 is 11.7 Å². The standard InChI is InChI=1S/C16H20N4O3S2/c21-16(11-3-1-4-11)20-9-7-12(8-10-20)19-25(22,23)14-6-2-5-13-15(14)18-24-17-13/h2,5-6,11-12,19H,1,3-4,7-10H2. The van der Waals surface area contributed by atoms with Crippen LogP contribution < -0.4 is 4.72 Å². The summed E-state index contributed by atoms with van der Waals surface area (Å²) in [4.78, 5) is 14.3. The number of piperidine rings is 1. The Morgan fingerprint density at radius 2 is 1.92 bits per heavy atom. The Hall–Kier alpha value is -1.58. The van der Waals surface area contributed by atoms with Gasteiger partial charge in [-0.2, -0.15) is 8.75 Å². The van der Waals surface area contributed by atoms with E-state index >= 15 is 0 Å². The number of nitrogens with zero attached hydrogens (tertiary/aromatic N) is 3. The van der Waals surface area contributed by atoms with Crippen molar-refractivity contribution in [3.05, 3.63) is 18.2 Å². The molecule has 1 saturated carbocycles. The molecule has 0 atom stereocenters. The number of hydrogen-bond donors (Lipinski definition) is 1. The highest BCUT2D eigenvalue weighted by atomic mass is 32.2. The number of nitrogens with one attached hydrogen (secondary N) is 1. The Bertz CT molecular complexity index is 884. The maximum atomic E-state index is 12.7. The first-order chi connectivity index (χ1) is 12.0. The van der Waals surface area contributed by atoms with Crippen LogP contribution in [-0.2, 0) is 14.8 Å². The fraction of sp³-hybridized carbons (Fsp3) is 0.562. The molecule has 2 aliphatic rings. The predicted molar refractivity (Wildman–Crippen MR) is 94.7 cm³/mol. The molecular weight excluding hydrogens is 360 g/mol. The van der Waals surface area contributed by atoms with Crippen molar-refractivity contribution in [2.75, 3.05) is 13.1 Å². The largest absolute Gasteiger partial charge is 0.342 e. The van der Waals surface area contributed by atoms with E-state index in [4.69, 9.17) is 0 Å². The van der Waals surface area contributed by atoms with E-state index in [9.17, 15) is 13.2 Å². The molecule has 1 saturated heterocycles. The zero-order valence-electron chi connectivity index (χ0n) is 13.7. The summed E-state index contributed by atoms with van der Waals surface area (Å²) in [6, 6.07) is 4.83. The Kier molecular flexibility index (Phi) is 4.47. The van der Waals surface area contributed by atoms with Crippen molar-refractivity contribution in [1.29, 1.82) is 0 Å². The topological polar surface area (TPSA) is 92.3 Å². The average molecular weight is 380 g/mol. The van der Waals surface area contributed by atoms with Crippen LogP contribution in [0.1, 0.15) is 32.1 Å². The molecule has 1 amide bonds. The summed E-state index contributed by atoms with van der Waals surface area (Å²) in [7, 11) is -3.65. The highest BCUT2D eigenvalue weighted by Gasteiger charge is 2.33. The molecule has 0 radical (unpaired) electrons. The third-order valence-electron chi connectivity index (χ3n) is 5.12. The van der Waals surface area contributed by atoms with Crippen molar-refractivity contribution in [1.82, 2.24) is 18.4 Å². The number of benzene rings is 1. The molecule has 1 aliphatic heterocycles. The first-order valence-corrected chi connectivity index (χ1v) is 10.8. The van der Waals surface area contributed by atoms with Gasteiger partial charge in [0, 0.05) is 25.0 Å². The van der Waals surface area contributed by atoms with Crippen molar-refractivity contribution in [3.63, 3.8) is 0 Å². The second-order valence-electron chi connectivity index (χ2n) is 6.74. The minimum absolute atomic E-state index is 0.155. The molecule has 1 aromatic carbocycles. The smallest absolute Gasteiger partial charge is 0.243 e. The van der Waals surface area contributed by atoms with Crippen molar-refractivity contribution < 1.29 is 13.2 Å². The molecule has 1 N–H and O–H groups in total. The number of carbonyl (C=O) groups is 1. The van der Waals surface area contributed by atoms with Crippen LogP contribution in [0.25, 0.3) is 11.0 Å². The van der Waals surface area contributed by atoms with E-state index in [-0.39, 0.29) is 22.8 Å². The number of likely N-dealkylation sites (tertiary alicyclic amines) is 1.